The van der Waals surface area contributed by atoms with E-state index in [1.807, 2.05) is 50.4 Å². The number of amides is 1. The predicted octanol–water partition coefficient (Wildman–Crippen LogP) is 2.64. The van der Waals surface area contributed by atoms with Crippen LogP contribution in [0.5, 0.6) is 11.5 Å². The number of carbonyl (C=O) groups excluding carboxylic acids is 1. The number of hydrogen-bond donors (Lipinski definition) is 1. The van der Waals surface area contributed by atoms with Crippen LogP contribution in [0.1, 0.15) is 25.6 Å². The molecular weight excluding hydrogens is 424 g/mol. The highest BCUT2D eigenvalue weighted by Crippen LogP contribution is 2.41. The number of hydrazone groups is 1. The number of para-hydroxylation sites is 1. The van der Waals surface area contributed by atoms with Gasteiger partial charge < -0.3 is 9.47 Å². The molecule has 9 heteroatoms. The summed E-state index contributed by atoms with van der Waals surface area (Å²) in [5, 5.41) is 11.5. The molecule has 2 aliphatic heterocycles. The minimum Gasteiger partial charge on any atom is -0.490 e. The molecule has 0 bridgehead atoms. The number of nitrogens with one attached hydrogen (secondary N) is 1. The molecular formula is C21H21ClN4O3S. The topological polar surface area (TPSA) is 75.5 Å². The Balaban J connectivity index is 1.93. The van der Waals surface area contributed by atoms with Gasteiger partial charge in [0.15, 0.2) is 22.8 Å². The van der Waals surface area contributed by atoms with Gasteiger partial charge in [0, 0.05) is 10.8 Å². The average molecular weight is 445 g/mol. The van der Waals surface area contributed by atoms with Crippen LogP contribution in [0, 0.1) is 0 Å². The number of halogens is 1. The molecule has 30 heavy (non-hydrogen) atoms. The molecule has 7 nitrogen and oxygen atoms in total. The van der Waals surface area contributed by atoms with Gasteiger partial charge in [0.05, 0.1) is 23.6 Å². The standard InChI is InChI=1S/C21H21ClN4O3S/c1-4-28-16-11-12(10-14(22)18(16)29-5-2)19-23-15-9-7-6-8-13(15)17-20(27)24-21(30-3)25-26(17)19/h6-11,19H,4-5H2,1-3H3,(H,24,25,27). The summed E-state index contributed by atoms with van der Waals surface area (Å²) < 4.78 is 11.5. The van der Waals surface area contributed by atoms with Crippen molar-refractivity contribution >= 4 is 40.1 Å². The summed E-state index contributed by atoms with van der Waals surface area (Å²) >= 11 is 7.89. The second-order valence-electron chi connectivity index (χ2n) is 6.47. The zero-order valence-corrected chi connectivity index (χ0v) is 18.4. The quantitative estimate of drug-likeness (QED) is 0.767. The van der Waals surface area contributed by atoms with E-state index in [1.54, 1.807) is 11.1 Å². The summed E-state index contributed by atoms with van der Waals surface area (Å²) in [6.45, 7) is 4.71. The molecule has 2 aliphatic rings. The molecule has 4 rings (SSSR count). The van der Waals surface area contributed by atoms with Gasteiger partial charge in [-0.2, -0.15) is 0 Å². The lowest BCUT2D eigenvalue weighted by Gasteiger charge is -2.34. The number of hydrogen-bond acceptors (Lipinski definition) is 7. The molecule has 2 aromatic carbocycles. The van der Waals surface area contributed by atoms with Crippen LogP contribution in [0.2, 0.25) is 5.02 Å². The van der Waals surface area contributed by atoms with Crippen LogP contribution in [-0.4, -0.2) is 35.6 Å². The van der Waals surface area contributed by atoms with Crippen molar-refractivity contribution in [2.75, 3.05) is 19.5 Å². The van der Waals surface area contributed by atoms with E-state index in [1.165, 1.54) is 11.8 Å². The van der Waals surface area contributed by atoms with Crippen LogP contribution in [0.4, 0.5) is 0 Å². The molecule has 156 valence electrons. The summed E-state index contributed by atoms with van der Waals surface area (Å²) in [6.07, 6.45) is 1.28. The maximum absolute atomic E-state index is 12.9. The second-order valence-corrected chi connectivity index (χ2v) is 7.67. The maximum Gasteiger partial charge on any atom is 0.276 e. The van der Waals surface area contributed by atoms with E-state index in [0.717, 1.165) is 16.1 Å². The molecule has 2 aromatic rings. The van der Waals surface area contributed by atoms with Gasteiger partial charge in [-0.1, -0.05) is 41.6 Å². The van der Waals surface area contributed by atoms with Crippen LogP contribution >= 0.6 is 23.4 Å². The molecule has 0 fully saturated rings. The van der Waals surface area contributed by atoms with Gasteiger partial charge in [-0.05, 0) is 38.3 Å². The SMILES string of the molecule is CCOc1cc(C2N=c3ccccc3=C3C(=O)NC(SC)=NN32)cc(Cl)c1OCC. The largest absolute Gasteiger partial charge is 0.490 e. The summed E-state index contributed by atoms with van der Waals surface area (Å²) in [6, 6.07) is 11.2. The van der Waals surface area contributed by atoms with Crippen molar-refractivity contribution in [2.24, 2.45) is 10.1 Å². The van der Waals surface area contributed by atoms with Crippen molar-refractivity contribution in [1.29, 1.82) is 0 Å². The van der Waals surface area contributed by atoms with E-state index in [4.69, 9.17) is 26.1 Å². The Morgan fingerprint density at radius 3 is 2.70 bits per heavy atom. The van der Waals surface area contributed by atoms with Gasteiger partial charge in [0.1, 0.15) is 5.70 Å². The Kier molecular flexibility index (Phi) is 5.87. The van der Waals surface area contributed by atoms with E-state index in [2.05, 4.69) is 10.4 Å². The Hall–Kier alpha value is -2.71. The highest BCUT2D eigenvalue weighted by molar-refractivity contribution is 8.13. The Bertz CT molecular complexity index is 1150. The second kappa shape index (κ2) is 8.57. The number of benzene rings is 2. The zero-order chi connectivity index (χ0) is 21.3. The van der Waals surface area contributed by atoms with Crippen LogP contribution < -0.4 is 25.4 Å². The first-order valence-corrected chi connectivity index (χ1v) is 11.2. The maximum atomic E-state index is 12.9. The normalized spacial score (nSPS) is 17.4. The molecule has 0 aromatic heterocycles. The monoisotopic (exact) mass is 444 g/mol. The lowest BCUT2D eigenvalue weighted by Crippen LogP contribution is -2.50. The molecule has 1 N–H and O–H groups in total. The number of rotatable bonds is 5. The predicted molar refractivity (Wildman–Crippen MR) is 118 cm³/mol. The van der Waals surface area contributed by atoms with Gasteiger partial charge in [0.25, 0.3) is 5.91 Å². The Morgan fingerprint density at radius 1 is 1.20 bits per heavy atom. The lowest BCUT2D eigenvalue weighted by molar-refractivity contribution is -0.116. The van der Waals surface area contributed by atoms with E-state index in [0.29, 0.717) is 40.6 Å². The van der Waals surface area contributed by atoms with E-state index in [-0.39, 0.29) is 5.91 Å². The third kappa shape index (κ3) is 3.61. The Labute approximate surface area is 183 Å². The zero-order valence-electron chi connectivity index (χ0n) is 16.8. The number of fused-ring (bicyclic) bond motifs is 2. The smallest absolute Gasteiger partial charge is 0.276 e. The number of thioether (sulfide) groups is 1. The van der Waals surface area contributed by atoms with Gasteiger partial charge >= 0.3 is 0 Å². The van der Waals surface area contributed by atoms with Crippen molar-refractivity contribution in [3.8, 4) is 11.5 Å². The highest BCUT2D eigenvalue weighted by Gasteiger charge is 2.35. The van der Waals surface area contributed by atoms with Gasteiger partial charge in [-0.25, -0.2) is 5.01 Å². The van der Waals surface area contributed by atoms with E-state index in [9.17, 15) is 4.79 Å². The first kappa shape index (κ1) is 20.6. The molecule has 0 spiro atoms. The third-order valence-electron chi connectivity index (χ3n) is 4.63. The van der Waals surface area contributed by atoms with Gasteiger partial charge in [-0.15, -0.1) is 5.10 Å². The number of nitrogens with zero attached hydrogens (tertiary/aromatic N) is 3. The van der Waals surface area contributed by atoms with Gasteiger partial charge in [-0.3, -0.25) is 15.1 Å². The molecule has 2 heterocycles. The number of ether oxygens (including phenoxy) is 2. The fourth-order valence-electron chi connectivity index (χ4n) is 3.42. The first-order chi connectivity index (χ1) is 14.6. The molecule has 0 radical (unpaired) electrons. The summed E-state index contributed by atoms with van der Waals surface area (Å²) in [7, 11) is 0. The summed E-state index contributed by atoms with van der Waals surface area (Å²) in [4.78, 5) is 17.8. The van der Waals surface area contributed by atoms with Crippen LogP contribution in [-0.2, 0) is 4.79 Å². The van der Waals surface area contributed by atoms with Crippen LogP contribution in [0.25, 0.3) is 5.70 Å². The van der Waals surface area contributed by atoms with Crippen molar-refractivity contribution in [1.82, 2.24) is 10.3 Å². The van der Waals surface area contributed by atoms with Crippen molar-refractivity contribution in [3.05, 3.63) is 57.6 Å². The van der Waals surface area contributed by atoms with E-state index < -0.39 is 6.17 Å². The van der Waals surface area contributed by atoms with Crippen LogP contribution in [0.3, 0.4) is 0 Å². The average Bonchev–Trinajstić information content (AvgIpc) is 2.75. The fraction of sp³-hybridized carbons (Fsp3) is 0.286. The minimum atomic E-state index is -0.574. The van der Waals surface area contributed by atoms with Crippen molar-refractivity contribution in [2.45, 2.75) is 20.0 Å². The minimum absolute atomic E-state index is 0.219. The van der Waals surface area contributed by atoms with Crippen molar-refractivity contribution in [3.63, 3.8) is 0 Å². The summed E-state index contributed by atoms with van der Waals surface area (Å²) in [5.41, 5.74) is 1.20. The molecule has 0 saturated heterocycles. The van der Waals surface area contributed by atoms with Crippen LogP contribution in [0.15, 0.2) is 46.5 Å². The molecule has 1 atom stereocenters. The Morgan fingerprint density at radius 2 is 1.97 bits per heavy atom. The lowest BCUT2D eigenvalue weighted by atomic mass is 10.1. The summed E-state index contributed by atoms with van der Waals surface area (Å²) in [5.74, 6) is 0.812. The first-order valence-electron chi connectivity index (χ1n) is 9.56. The molecule has 0 saturated carbocycles. The molecule has 1 unspecified atom stereocenters. The molecule has 0 aliphatic carbocycles. The highest BCUT2D eigenvalue weighted by atomic mass is 35.5. The fourth-order valence-corrected chi connectivity index (χ4v) is 4.06. The number of carbonyl (C=O) groups is 1. The van der Waals surface area contributed by atoms with Gasteiger partial charge in [0.2, 0.25) is 0 Å². The number of amidine groups is 1. The van der Waals surface area contributed by atoms with E-state index >= 15 is 0 Å². The molecule has 1 amide bonds. The van der Waals surface area contributed by atoms with Crippen molar-refractivity contribution < 1.29 is 14.3 Å². The third-order valence-corrected chi connectivity index (χ3v) is 5.48.